The minimum atomic E-state index is -0.546. The third-order valence-corrected chi connectivity index (χ3v) is 4.21. The number of aliphatic hydroxyl groups excluding tert-OH is 1. The average molecular weight is 341 g/mol. The topological polar surface area (TPSA) is 63.0 Å². The number of halogens is 2. The number of hydrogen-bond donors (Lipinski definition) is 2. The van der Waals surface area contributed by atoms with E-state index < -0.39 is 5.54 Å². The number of aliphatic hydroxyl groups is 1. The van der Waals surface area contributed by atoms with E-state index in [9.17, 15) is 9.50 Å². The first kappa shape index (κ1) is 13.5. The third kappa shape index (κ3) is 1.69. The van der Waals surface area contributed by atoms with Crippen LogP contribution >= 0.6 is 15.9 Å². The fraction of sp³-hybridized carbons (Fsp3) is 0.385. The summed E-state index contributed by atoms with van der Waals surface area (Å²) in [5, 5.41) is 21.0. The number of aromatic nitrogens is 3. The van der Waals surface area contributed by atoms with Crippen molar-refractivity contribution in [3.8, 4) is 5.69 Å². The molecule has 1 aliphatic rings. The minimum Gasteiger partial charge on any atom is -0.392 e. The summed E-state index contributed by atoms with van der Waals surface area (Å²) in [6, 6.07) is 1.36. The van der Waals surface area contributed by atoms with Crippen LogP contribution < -0.4 is 5.32 Å². The van der Waals surface area contributed by atoms with Crippen molar-refractivity contribution in [2.45, 2.75) is 32.9 Å². The van der Waals surface area contributed by atoms with Crippen LogP contribution in [0.25, 0.3) is 5.69 Å². The molecule has 0 unspecified atom stereocenters. The monoisotopic (exact) mass is 340 g/mol. The van der Waals surface area contributed by atoms with Crippen molar-refractivity contribution in [1.29, 1.82) is 0 Å². The van der Waals surface area contributed by atoms with Gasteiger partial charge in [0.1, 0.15) is 11.6 Å². The molecule has 0 saturated heterocycles. The first-order valence-electron chi connectivity index (χ1n) is 6.19. The van der Waals surface area contributed by atoms with Gasteiger partial charge in [0.25, 0.3) is 0 Å². The molecular weight excluding hydrogens is 327 g/mol. The summed E-state index contributed by atoms with van der Waals surface area (Å²) in [5.74, 6) is 0.966. The summed E-state index contributed by atoms with van der Waals surface area (Å²) in [6.45, 7) is 5.43. The van der Waals surface area contributed by atoms with Crippen LogP contribution in [-0.4, -0.2) is 19.9 Å². The van der Waals surface area contributed by atoms with Crippen molar-refractivity contribution in [3.05, 3.63) is 33.6 Å². The Labute approximate surface area is 124 Å². The van der Waals surface area contributed by atoms with E-state index in [1.54, 1.807) is 4.57 Å². The van der Waals surface area contributed by atoms with Crippen molar-refractivity contribution in [1.82, 2.24) is 14.8 Å². The molecular formula is C13H14BrFN4O. The smallest absolute Gasteiger partial charge is 0.162 e. The number of fused-ring (bicyclic) bond motifs is 3. The van der Waals surface area contributed by atoms with Crippen LogP contribution in [-0.2, 0) is 12.1 Å². The van der Waals surface area contributed by atoms with Gasteiger partial charge in [-0.25, -0.2) is 4.39 Å². The van der Waals surface area contributed by atoms with E-state index >= 15 is 0 Å². The lowest BCUT2D eigenvalue weighted by Gasteiger charge is -2.35. The van der Waals surface area contributed by atoms with Gasteiger partial charge < -0.3 is 10.4 Å². The van der Waals surface area contributed by atoms with Crippen LogP contribution in [0, 0.1) is 12.7 Å². The van der Waals surface area contributed by atoms with Crippen LogP contribution in [0.1, 0.15) is 31.1 Å². The second kappa shape index (κ2) is 4.26. The molecule has 2 heterocycles. The summed E-state index contributed by atoms with van der Waals surface area (Å²) >= 11 is 3.30. The largest absolute Gasteiger partial charge is 0.392 e. The van der Waals surface area contributed by atoms with Gasteiger partial charge in [-0.05, 0) is 26.8 Å². The van der Waals surface area contributed by atoms with Gasteiger partial charge in [-0.15, -0.1) is 10.2 Å². The molecule has 2 N–H and O–H groups in total. The molecule has 5 nitrogen and oxygen atoms in total. The zero-order chi connectivity index (χ0) is 14.7. The fourth-order valence-electron chi connectivity index (χ4n) is 2.57. The van der Waals surface area contributed by atoms with E-state index in [2.05, 4.69) is 31.4 Å². The molecule has 1 aromatic heterocycles. The number of hydrogen-bond acceptors (Lipinski definition) is 4. The van der Waals surface area contributed by atoms with Crippen LogP contribution in [0.2, 0.25) is 0 Å². The number of nitrogens with one attached hydrogen (secondary N) is 1. The molecule has 1 aromatic carbocycles. The number of nitrogens with zero attached hydrogens (tertiary/aromatic N) is 3. The zero-order valence-corrected chi connectivity index (χ0v) is 12.9. The van der Waals surface area contributed by atoms with E-state index in [1.165, 1.54) is 6.07 Å². The van der Waals surface area contributed by atoms with E-state index in [0.29, 0.717) is 33.1 Å². The SMILES string of the molecule is Cc1nnc2n1-c1c(CO)c(Br)cc(F)c1NC2(C)C. The lowest BCUT2D eigenvalue weighted by molar-refractivity contribution is 0.280. The summed E-state index contributed by atoms with van der Waals surface area (Å²) in [7, 11) is 0. The molecule has 3 rings (SSSR count). The van der Waals surface area contributed by atoms with Gasteiger partial charge in [0.2, 0.25) is 0 Å². The van der Waals surface area contributed by atoms with E-state index in [1.807, 2.05) is 20.8 Å². The highest BCUT2D eigenvalue weighted by molar-refractivity contribution is 9.10. The summed E-state index contributed by atoms with van der Waals surface area (Å²) < 4.78 is 16.6. The van der Waals surface area contributed by atoms with Crippen LogP contribution in [0.4, 0.5) is 10.1 Å². The predicted octanol–water partition coefficient (Wildman–Crippen LogP) is 2.63. The van der Waals surface area contributed by atoms with E-state index in [0.717, 1.165) is 0 Å². The number of anilines is 1. The van der Waals surface area contributed by atoms with Gasteiger partial charge in [-0.3, -0.25) is 4.57 Å². The van der Waals surface area contributed by atoms with Gasteiger partial charge in [-0.1, -0.05) is 15.9 Å². The van der Waals surface area contributed by atoms with E-state index in [4.69, 9.17) is 0 Å². The second-order valence-electron chi connectivity index (χ2n) is 5.36. The Kier molecular flexibility index (Phi) is 2.88. The van der Waals surface area contributed by atoms with Crippen LogP contribution in [0.3, 0.4) is 0 Å². The third-order valence-electron chi connectivity index (χ3n) is 3.51. The normalized spacial score (nSPS) is 15.5. The second-order valence-corrected chi connectivity index (χ2v) is 6.21. The summed E-state index contributed by atoms with van der Waals surface area (Å²) in [5.41, 5.74) is 0.984. The Morgan fingerprint density at radius 1 is 1.45 bits per heavy atom. The predicted molar refractivity (Wildman–Crippen MR) is 76.3 cm³/mol. The Balaban J connectivity index is 2.44. The van der Waals surface area contributed by atoms with Gasteiger partial charge in [0, 0.05) is 10.0 Å². The van der Waals surface area contributed by atoms with Gasteiger partial charge >= 0.3 is 0 Å². The molecule has 20 heavy (non-hydrogen) atoms. The summed E-state index contributed by atoms with van der Waals surface area (Å²) in [4.78, 5) is 0. The molecule has 1 aliphatic heterocycles. The molecule has 0 atom stereocenters. The minimum absolute atomic E-state index is 0.206. The van der Waals surface area contributed by atoms with Crippen molar-refractivity contribution < 1.29 is 9.50 Å². The highest BCUT2D eigenvalue weighted by Gasteiger charge is 2.37. The first-order chi connectivity index (χ1) is 9.36. The standard InChI is InChI=1S/C13H14BrFN4O/c1-6-17-18-12-13(2,3)16-10-9(15)4-8(14)7(5-20)11(10)19(6)12/h4,16,20H,5H2,1-3H3. The highest BCUT2D eigenvalue weighted by atomic mass is 79.9. The lowest BCUT2D eigenvalue weighted by Crippen LogP contribution is -2.37. The average Bonchev–Trinajstić information content (AvgIpc) is 2.74. The zero-order valence-electron chi connectivity index (χ0n) is 11.3. The highest BCUT2D eigenvalue weighted by Crippen LogP contribution is 2.42. The maximum absolute atomic E-state index is 14.3. The number of benzene rings is 1. The molecule has 0 aliphatic carbocycles. The quantitative estimate of drug-likeness (QED) is 0.837. The van der Waals surface area contributed by atoms with Crippen LogP contribution in [0.5, 0.6) is 0 Å². The Bertz CT molecular complexity index is 711. The van der Waals surface area contributed by atoms with E-state index in [-0.39, 0.29) is 12.4 Å². The van der Waals surface area contributed by atoms with Crippen molar-refractivity contribution >= 4 is 21.6 Å². The summed E-state index contributed by atoms with van der Waals surface area (Å²) in [6.07, 6.45) is 0. The molecule has 2 aromatic rings. The molecule has 0 amide bonds. The molecule has 0 saturated carbocycles. The van der Waals surface area contributed by atoms with Crippen molar-refractivity contribution in [2.24, 2.45) is 0 Å². The molecule has 0 radical (unpaired) electrons. The molecule has 7 heteroatoms. The fourth-order valence-corrected chi connectivity index (χ4v) is 3.08. The number of rotatable bonds is 1. The van der Waals surface area contributed by atoms with Crippen molar-refractivity contribution in [3.63, 3.8) is 0 Å². The Morgan fingerprint density at radius 3 is 2.80 bits per heavy atom. The molecule has 0 bridgehead atoms. The van der Waals surface area contributed by atoms with Crippen molar-refractivity contribution in [2.75, 3.05) is 5.32 Å². The van der Waals surface area contributed by atoms with Gasteiger partial charge in [0.15, 0.2) is 5.82 Å². The van der Waals surface area contributed by atoms with Gasteiger partial charge in [0.05, 0.1) is 23.5 Å². The van der Waals surface area contributed by atoms with Gasteiger partial charge in [-0.2, -0.15) is 0 Å². The first-order valence-corrected chi connectivity index (χ1v) is 6.99. The lowest BCUT2D eigenvalue weighted by atomic mass is 9.98. The molecule has 106 valence electrons. The molecule has 0 fully saturated rings. The maximum Gasteiger partial charge on any atom is 0.162 e. The van der Waals surface area contributed by atoms with Crippen LogP contribution in [0.15, 0.2) is 10.5 Å². The molecule has 0 spiro atoms. The maximum atomic E-state index is 14.3. The number of aryl methyl sites for hydroxylation is 1. The Hall–Kier alpha value is -1.47. The Morgan fingerprint density at radius 2 is 2.15 bits per heavy atom.